The topological polar surface area (TPSA) is 101 Å². The zero-order valence-electron chi connectivity index (χ0n) is 14.4. The molecule has 2 aromatic carbocycles. The van der Waals surface area contributed by atoms with E-state index >= 15 is 0 Å². The lowest BCUT2D eigenvalue weighted by molar-refractivity contribution is 0.0858. The van der Waals surface area contributed by atoms with E-state index in [1.54, 1.807) is 42.5 Å². The SMILES string of the molecule is CC(C)(C)C(=O)c1ccc2nc(NC(=O)c3ccc(N)cc3)[nH]c2c1. The first-order valence-corrected chi connectivity index (χ1v) is 7.95. The summed E-state index contributed by atoms with van der Waals surface area (Å²) in [5.41, 5.74) is 8.23. The number of carbonyl (C=O) groups excluding carboxylic acids is 2. The molecule has 0 aliphatic heterocycles. The van der Waals surface area contributed by atoms with Gasteiger partial charge in [-0.25, -0.2) is 4.98 Å². The number of hydrogen-bond donors (Lipinski definition) is 3. The number of nitrogens with one attached hydrogen (secondary N) is 2. The largest absolute Gasteiger partial charge is 0.399 e. The van der Waals surface area contributed by atoms with Crippen molar-refractivity contribution in [2.45, 2.75) is 20.8 Å². The molecule has 1 heterocycles. The van der Waals surface area contributed by atoms with Gasteiger partial charge in [0.05, 0.1) is 11.0 Å². The number of anilines is 2. The van der Waals surface area contributed by atoms with Crippen LogP contribution in [0.5, 0.6) is 0 Å². The van der Waals surface area contributed by atoms with Crippen LogP contribution in [0.15, 0.2) is 42.5 Å². The van der Waals surface area contributed by atoms with Crippen LogP contribution in [0.1, 0.15) is 41.5 Å². The molecule has 0 aliphatic carbocycles. The monoisotopic (exact) mass is 336 g/mol. The van der Waals surface area contributed by atoms with Crippen molar-refractivity contribution in [2.75, 3.05) is 11.1 Å². The fourth-order valence-electron chi connectivity index (χ4n) is 2.46. The Hall–Kier alpha value is -3.15. The van der Waals surface area contributed by atoms with Crippen LogP contribution >= 0.6 is 0 Å². The number of aromatic nitrogens is 2. The molecule has 6 heteroatoms. The van der Waals surface area contributed by atoms with E-state index in [9.17, 15) is 9.59 Å². The number of imidazole rings is 1. The number of Topliss-reactive ketones (excluding diaryl/α,β-unsaturated/α-hetero) is 1. The van der Waals surface area contributed by atoms with E-state index < -0.39 is 5.41 Å². The van der Waals surface area contributed by atoms with Crippen molar-refractivity contribution in [3.8, 4) is 0 Å². The molecule has 1 aromatic heterocycles. The first kappa shape index (κ1) is 16.7. The molecule has 0 spiro atoms. The predicted molar refractivity (Wildman–Crippen MR) is 98.7 cm³/mol. The molecule has 3 rings (SSSR count). The summed E-state index contributed by atoms with van der Waals surface area (Å²) >= 11 is 0. The van der Waals surface area contributed by atoms with E-state index in [4.69, 9.17) is 5.73 Å². The number of benzene rings is 2. The molecule has 0 atom stereocenters. The molecule has 3 aromatic rings. The summed E-state index contributed by atoms with van der Waals surface area (Å²) < 4.78 is 0. The van der Waals surface area contributed by atoms with Gasteiger partial charge in [-0.3, -0.25) is 14.9 Å². The minimum atomic E-state index is -0.458. The van der Waals surface area contributed by atoms with Crippen LogP contribution in [0.4, 0.5) is 11.6 Å². The van der Waals surface area contributed by atoms with Crippen molar-refractivity contribution >= 4 is 34.4 Å². The highest BCUT2D eigenvalue weighted by atomic mass is 16.1. The van der Waals surface area contributed by atoms with Crippen molar-refractivity contribution in [1.29, 1.82) is 0 Å². The lowest BCUT2D eigenvalue weighted by Crippen LogP contribution is -2.19. The molecule has 0 radical (unpaired) electrons. The van der Waals surface area contributed by atoms with Crippen LogP contribution in [0.2, 0.25) is 0 Å². The van der Waals surface area contributed by atoms with Gasteiger partial charge in [-0.05, 0) is 42.5 Å². The molecule has 0 saturated heterocycles. The second kappa shape index (κ2) is 6.05. The quantitative estimate of drug-likeness (QED) is 0.502. The molecule has 128 valence electrons. The maximum absolute atomic E-state index is 12.4. The van der Waals surface area contributed by atoms with Gasteiger partial charge in [0.2, 0.25) is 5.95 Å². The summed E-state index contributed by atoms with van der Waals surface area (Å²) in [6.07, 6.45) is 0. The van der Waals surface area contributed by atoms with E-state index in [1.807, 2.05) is 20.8 Å². The summed E-state index contributed by atoms with van der Waals surface area (Å²) in [4.78, 5) is 32.0. The molecule has 1 amide bonds. The third-order valence-corrected chi connectivity index (χ3v) is 3.83. The average molecular weight is 336 g/mol. The zero-order valence-corrected chi connectivity index (χ0v) is 14.4. The van der Waals surface area contributed by atoms with E-state index in [2.05, 4.69) is 15.3 Å². The van der Waals surface area contributed by atoms with Gasteiger partial charge in [-0.1, -0.05) is 20.8 Å². The molecule has 6 nitrogen and oxygen atoms in total. The molecule has 0 unspecified atom stereocenters. The van der Waals surface area contributed by atoms with Crippen LogP contribution in [0.25, 0.3) is 11.0 Å². The van der Waals surface area contributed by atoms with Gasteiger partial charge in [0.25, 0.3) is 5.91 Å². The molecule has 0 bridgehead atoms. The zero-order chi connectivity index (χ0) is 18.2. The Bertz CT molecular complexity index is 950. The summed E-state index contributed by atoms with van der Waals surface area (Å²) in [5.74, 6) is 0.0960. The Balaban J connectivity index is 1.85. The summed E-state index contributed by atoms with van der Waals surface area (Å²) in [5, 5.41) is 2.71. The molecule has 25 heavy (non-hydrogen) atoms. The Morgan fingerprint density at radius 3 is 2.32 bits per heavy atom. The first-order chi connectivity index (χ1) is 11.7. The smallest absolute Gasteiger partial charge is 0.257 e. The van der Waals surface area contributed by atoms with Gasteiger partial charge in [0.1, 0.15) is 0 Å². The van der Waals surface area contributed by atoms with E-state index in [1.165, 1.54) is 0 Å². The number of hydrogen-bond acceptors (Lipinski definition) is 4. The maximum atomic E-state index is 12.4. The van der Waals surface area contributed by atoms with Gasteiger partial charge < -0.3 is 10.7 Å². The van der Waals surface area contributed by atoms with Crippen molar-refractivity contribution in [1.82, 2.24) is 9.97 Å². The molecule has 0 aliphatic rings. The Kier molecular flexibility index (Phi) is 4.04. The number of carbonyl (C=O) groups is 2. The minimum Gasteiger partial charge on any atom is -0.399 e. The lowest BCUT2D eigenvalue weighted by Gasteiger charge is -2.16. The minimum absolute atomic E-state index is 0.0523. The summed E-state index contributed by atoms with van der Waals surface area (Å²) in [7, 11) is 0. The number of nitrogens with zero attached hydrogens (tertiary/aromatic N) is 1. The van der Waals surface area contributed by atoms with Crippen LogP contribution in [0, 0.1) is 5.41 Å². The third-order valence-electron chi connectivity index (χ3n) is 3.83. The number of H-pyrrole nitrogens is 1. The fraction of sp³-hybridized carbons (Fsp3) is 0.211. The summed E-state index contributed by atoms with van der Waals surface area (Å²) in [6.45, 7) is 5.64. The van der Waals surface area contributed by atoms with E-state index in [-0.39, 0.29) is 11.7 Å². The third kappa shape index (κ3) is 3.52. The number of nitrogen functional groups attached to an aromatic ring is 1. The first-order valence-electron chi connectivity index (χ1n) is 7.95. The van der Waals surface area contributed by atoms with E-state index in [0.717, 1.165) is 0 Å². The number of nitrogens with two attached hydrogens (primary N) is 1. The fourth-order valence-corrected chi connectivity index (χ4v) is 2.46. The van der Waals surface area contributed by atoms with Crippen LogP contribution in [0.3, 0.4) is 0 Å². The van der Waals surface area contributed by atoms with Crippen molar-refractivity contribution in [2.24, 2.45) is 5.41 Å². The molecular formula is C19H20N4O2. The highest BCUT2D eigenvalue weighted by molar-refractivity contribution is 6.05. The van der Waals surface area contributed by atoms with Crippen LogP contribution < -0.4 is 11.1 Å². The Morgan fingerprint density at radius 2 is 1.68 bits per heavy atom. The second-order valence-corrected chi connectivity index (χ2v) is 6.97. The van der Waals surface area contributed by atoms with Gasteiger partial charge >= 0.3 is 0 Å². The van der Waals surface area contributed by atoms with Gasteiger partial charge in [0.15, 0.2) is 5.78 Å². The van der Waals surface area contributed by atoms with Crippen LogP contribution in [-0.2, 0) is 0 Å². The maximum Gasteiger partial charge on any atom is 0.257 e. The standard InChI is InChI=1S/C19H20N4O2/c1-19(2,3)16(24)12-6-9-14-15(10-12)22-18(21-14)23-17(25)11-4-7-13(20)8-5-11/h4-10H,20H2,1-3H3,(H2,21,22,23,25). The summed E-state index contributed by atoms with van der Waals surface area (Å²) in [6, 6.07) is 11.9. The molecule has 0 saturated carbocycles. The van der Waals surface area contributed by atoms with Gasteiger partial charge in [-0.15, -0.1) is 0 Å². The number of fused-ring (bicyclic) bond motifs is 1. The average Bonchev–Trinajstić information content (AvgIpc) is 2.95. The number of ketones is 1. The lowest BCUT2D eigenvalue weighted by atomic mass is 9.86. The van der Waals surface area contributed by atoms with Crippen molar-refractivity contribution in [3.05, 3.63) is 53.6 Å². The Morgan fingerprint density at radius 1 is 1.04 bits per heavy atom. The van der Waals surface area contributed by atoms with Crippen molar-refractivity contribution < 1.29 is 9.59 Å². The predicted octanol–water partition coefficient (Wildman–Crippen LogP) is 3.63. The normalized spacial score (nSPS) is 11.5. The number of amides is 1. The highest BCUT2D eigenvalue weighted by Crippen LogP contribution is 2.24. The Labute approximate surface area is 145 Å². The highest BCUT2D eigenvalue weighted by Gasteiger charge is 2.23. The molecular weight excluding hydrogens is 316 g/mol. The number of aromatic amines is 1. The van der Waals surface area contributed by atoms with Gasteiger partial charge in [0, 0.05) is 22.2 Å². The van der Waals surface area contributed by atoms with Crippen LogP contribution in [-0.4, -0.2) is 21.7 Å². The molecule has 0 fully saturated rings. The molecule has 4 N–H and O–H groups in total. The second-order valence-electron chi connectivity index (χ2n) is 6.97. The van der Waals surface area contributed by atoms with Crippen molar-refractivity contribution in [3.63, 3.8) is 0 Å². The van der Waals surface area contributed by atoms with Gasteiger partial charge in [-0.2, -0.15) is 0 Å². The van der Waals surface area contributed by atoms with E-state index in [0.29, 0.717) is 33.8 Å². The number of rotatable bonds is 3.